The van der Waals surface area contributed by atoms with E-state index in [1.807, 2.05) is 0 Å². The van der Waals surface area contributed by atoms with Crippen LogP contribution in [0.1, 0.15) is 38.5 Å². The number of carbonyl (C=O) groups is 1. The normalized spacial score (nSPS) is 27.3. The second-order valence-electron chi connectivity index (χ2n) is 5.12. The molecule has 6 heteroatoms. The fourth-order valence-corrected chi connectivity index (χ4v) is 2.85. The summed E-state index contributed by atoms with van der Waals surface area (Å²) in [6.07, 6.45) is 5.32. The largest absolute Gasteiger partial charge is 0.409 e. The number of oxime groups is 1. The Balaban J connectivity index is 1.95. The van der Waals surface area contributed by atoms with Gasteiger partial charge in [-0.3, -0.25) is 4.79 Å². The molecule has 1 heterocycles. The lowest BCUT2D eigenvalue weighted by molar-refractivity contribution is -0.128. The highest BCUT2D eigenvalue weighted by molar-refractivity contribution is 6.07. The highest BCUT2D eigenvalue weighted by Crippen LogP contribution is 2.38. The van der Waals surface area contributed by atoms with Crippen LogP contribution in [0.25, 0.3) is 0 Å². The fourth-order valence-electron chi connectivity index (χ4n) is 2.85. The van der Waals surface area contributed by atoms with Crippen molar-refractivity contribution in [3.63, 3.8) is 0 Å². The zero-order valence-electron chi connectivity index (χ0n) is 10.5. The average molecular weight is 255 g/mol. The van der Waals surface area contributed by atoms with Crippen molar-refractivity contribution >= 4 is 11.7 Å². The fraction of sp³-hybridized carbons (Fsp3) is 0.833. The smallest absolute Gasteiger partial charge is 0.234 e. The maximum atomic E-state index is 12.3. The minimum atomic E-state index is -0.812. The predicted octanol–water partition coefficient (Wildman–Crippen LogP) is 0.588. The van der Waals surface area contributed by atoms with Crippen molar-refractivity contribution in [3.8, 4) is 0 Å². The molecular formula is C12H21N3O3. The first kappa shape index (κ1) is 13.1. The van der Waals surface area contributed by atoms with E-state index in [0.29, 0.717) is 19.4 Å². The van der Waals surface area contributed by atoms with Gasteiger partial charge in [0.25, 0.3) is 0 Å². The number of nitrogens with one attached hydrogen (secondary N) is 1. The van der Waals surface area contributed by atoms with Gasteiger partial charge in [-0.05, 0) is 25.7 Å². The number of carbonyl (C=O) groups excluding carboxylic acids is 1. The van der Waals surface area contributed by atoms with Crippen LogP contribution < -0.4 is 11.1 Å². The lowest BCUT2D eigenvalue weighted by atomic mass is 9.83. The first-order chi connectivity index (χ1) is 8.69. The number of ether oxygens (including phenoxy) is 1. The van der Waals surface area contributed by atoms with Crippen LogP contribution in [0, 0.1) is 5.41 Å². The van der Waals surface area contributed by atoms with Crippen molar-refractivity contribution in [2.24, 2.45) is 16.3 Å². The molecule has 1 amide bonds. The molecule has 0 aromatic heterocycles. The first-order valence-electron chi connectivity index (χ1n) is 6.57. The summed E-state index contributed by atoms with van der Waals surface area (Å²) in [7, 11) is 0. The molecule has 0 aromatic rings. The summed E-state index contributed by atoms with van der Waals surface area (Å²) in [6.45, 7) is 1.28. The van der Waals surface area contributed by atoms with Crippen LogP contribution in [0.5, 0.6) is 0 Å². The van der Waals surface area contributed by atoms with Gasteiger partial charge in [0.1, 0.15) is 5.41 Å². The van der Waals surface area contributed by atoms with E-state index in [-0.39, 0.29) is 17.8 Å². The Hall–Kier alpha value is -1.30. The van der Waals surface area contributed by atoms with Crippen LogP contribution in [0.3, 0.4) is 0 Å². The maximum absolute atomic E-state index is 12.3. The predicted molar refractivity (Wildman–Crippen MR) is 66.3 cm³/mol. The summed E-state index contributed by atoms with van der Waals surface area (Å²) >= 11 is 0. The molecule has 4 N–H and O–H groups in total. The molecular weight excluding hydrogens is 234 g/mol. The molecule has 1 saturated carbocycles. The van der Waals surface area contributed by atoms with Gasteiger partial charge in [0.05, 0.1) is 6.10 Å². The van der Waals surface area contributed by atoms with Crippen molar-refractivity contribution in [1.82, 2.24) is 5.32 Å². The van der Waals surface area contributed by atoms with Gasteiger partial charge < -0.3 is 21.0 Å². The highest BCUT2D eigenvalue weighted by atomic mass is 16.5. The van der Waals surface area contributed by atoms with Gasteiger partial charge in [-0.15, -0.1) is 0 Å². The molecule has 2 aliphatic rings. The van der Waals surface area contributed by atoms with E-state index in [9.17, 15) is 4.79 Å². The lowest BCUT2D eigenvalue weighted by Crippen LogP contribution is -2.49. The van der Waals surface area contributed by atoms with E-state index in [1.165, 1.54) is 0 Å². The van der Waals surface area contributed by atoms with Gasteiger partial charge in [-0.25, -0.2) is 0 Å². The minimum absolute atomic E-state index is 0.0323. The molecule has 1 atom stereocenters. The van der Waals surface area contributed by atoms with Gasteiger partial charge in [-0.2, -0.15) is 0 Å². The number of amidine groups is 1. The Bertz CT molecular complexity index is 331. The van der Waals surface area contributed by atoms with E-state index in [0.717, 1.165) is 32.3 Å². The van der Waals surface area contributed by atoms with Gasteiger partial charge >= 0.3 is 0 Å². The van der Waals surface area contributed by atoms with Crippen LogP contribution in [0.2, 0.25) is 0 Å². The van der Waals surface area contributed by atoms with Crippen molar-refractivity contribution in [3.05, 3.63) is 0 Å². The van der Waals surface area contributed by atoms with Crippen LogP contribution in [0.15, 0.2) is 5.16 Å². The van der Waals surface area contributed by atoms with Gasteiger partial charge in [0.15, 0.2) is 5.84 Å². The second-order valence-corrected chi connectivity index (χ2v) is 5.12. The monoisotopic (exact) mass is 255 g/mol. The first-order valence-corrected chi connectivity index (χ1v) is 6.57. The van der Waals surface area contributed by atoms with Crippen molar-refractivity contribution in [1.29, 1.82) is 0 Å². The molecule has 0 radical (unpaired) electrons. The zero-order valence-corrected chi connectivity index (χ0v) is 10.5. The zero-order chi connectivity index (χ0) is 13.0. The van der Waals surface area contributed by atoms with Crippen LogP contribution in [0.4, 0.5) is 0 Å². The third-order valence-corrected chi connectivity index (χ3v) is 4.00. The van der Waals surface area contributed by atoms with Crippen LogP contribution in [-0.2, 0) is 9.53 Å². The Labute approximate surface area is 107 Å². The summed E-state index contributed by atoms with van der Waals surface area (Å²) in [6, 6.07) is 0. The summed E-state index contributed by atoms with van der Waals surface area (Å²) < 4.78 is 5.46. The molecule has 18 heavy (non-hydrogen) atoms. The third kappa shape index (κ3) is 2.43. The number of amides is 1. The maximum Gasteiger partial charge on any atom is 0.234 e. The van der Waals surface area contributed by atoms with Crippen LogP contribution in [-0.4, -0.2) is 36.2 Å². The van der Waals surface area contributed by atoms with Gasteiger partial charge in [-0.1, -0.05) is 18.0 Å². The Morgan fingerprint density at radius 3 is 2.72 bits per heavy atom. The lowest BCUT2D eigenvalue weighted by Gasteiger charge is -2.26. The molecule has 1 aliphatic carbocycles. The number of nitrogens with two attached hydrogens (primary N) is 1. The average Bonchev–Trinajstić information content (AvgIpc) is 3.06. The van der Waals surface area contributed by atoms with Crippen molar-refractivity contribution < 1.29 is 14.7 Å². The van der Waals surface area contributed by atoms with Gasteiger partial charge in [0.2, 0.25) is 5.91 Å². The molecule has 1 unspecified atom stereocenters. The third-order valence-electron chi connectivity index (χ3n) is 4.00. The van der Waals surface area contributed by atoms with E-state index < -0.39 is 5.41 Å². The van der Waals surface area contributed by atoms with Crippen LogP contribution >= 0.6 is 0 Å². The molecule has 1 saturated heterocycles. The SMILES string of the molecule is NC(=NO)C1(C(=O)NCC2CCCO2)CCCC1. The van der Waals surface area contributed by atoms with Crippen molar-refractivity contribution in [2.75, 3.05) is 13.2 Å². The number of rotatable bonds is 4. The highest BCUT2D eigenvalue weighted by Gasteiger charge is 2.45. The minimum Gasteiger partial charge on any atom is -0.409 e. The molecule has 102 valence electrons. The molecule has 0 spiro atoms. The van der Waals surface area contributed by atoms with E-state index in [4.69, 9.17) is 15.7 Å². The summed E-state index contributed by atoms with van der Waals surface area (Å²) in [5, 5.41) is 14.8. The topological polar surface area (TPSA) is 96.9 Å². The Morgan fingerprint density at radius 1 is 1.44 bits per heavy atom. The van der Waals surface area contributed by atoms with Crippen molar-refractivity contribution in [2.45, 2.75) is 44.6 Å². The van der Waals surface area contributed by atoms with E-state index >= 15 is 0 Å². The van der Waals surface area contributed by atoms with E-state index in [1.54, 1.807) is 0 Å². The number of hydrogen-bond acceptors (Lipinski definition) is 4. The second kappa shape index (κ2) is 5.56. The molecule has 2 rings (SSSR count). The van der Waals surface area contributed by atoms with E-state index in [2.05, 4.69) is 10.5 Å². The molecule has 6 nitrogen and oxygen atoms in total. The summed E-state index contributed by atoms with van der Waals surface area (Å²) in [5.74, 6) is -0.101. The quantitative estimate of drug-likeness (QED) is 0.296. The number of hydrogen-bond donors (Lipinski definition) is 3. The summed E-state index contributed by atoms with van der Waals surface area (Å²) in [5.41, 5.74) is 4.89. The molecule has 1 aliphatic heterocycles. The standard InChI is InChI=1S/C12H21N3O3/c13-10(15-17)12(5-1-2-6-12)11(16)14-8-9-4-3-7-18-9/h9,17H,1-8H2,(H2,13,15)(H,14,16). The van der Waals surface area contributed by atoms with Gasteiger partial charge in [0, 0.05) is 13.2 Å². The number of nitrogens with zero attached hydrogens (tertiary/aromatic N) is 1. The molecule has 0 bridgehead atoms. The summed E-state index contributed by atoms with van der Waals surface area (Å²) in [4.78, 5) is 12.3. The molecule has 0 aromatic carbocycles. The Kier molecular flexibility index (Phi) is 4.06. The molecule has 2 fully saturated rings. The Morgan fingerprint density at radius 2 is 2.17 bits per heavy atom.